The molecule has 2 saturated heterocycles. The molecule has 3 fully saturated rings. The van der Waals surface area contributed by atoms with Crippen molar-refractivity contribution >= 4 is 15.9 Å². The minimum absolute atomic E-state index is 0.0225. The number of amides is 1. The summed E-state index contributed by atoms with van der Waals surface area (Å²) in [4.78, 5) is 14.5. The van der Waals surface area contributed by atoms with Gasteiger partial charge in [-0.15, -0.1) is 0 Å². The van der Waals surface area contributed by atoms with Crippen LogP contribution in [0.15, 0.2) is 36.4 Å². The number of nitrogens with zero attached hydrogens (tertiary/aromatic N) is 1. The van der Waals surface area contributed by atoms with Crippen LogP contribution in [-0.2, 0) is 26.0 Å². The minimum Gasteiger partial charge on any atom is -0.375 e. The molecule has 1 aliphatic carbocycles. The van der Waals surface area contributed by atoms with Crippen molar-refractivity contribution in [2.45, 2.75) is 37.4 Å². The molecular weight excluding hydrogens is 457 g/mol. The van der Waals surface area contributed by atoms with Crippen LogP contribution in [0.1, 0.15) is 18.4 Å². The van der Waals surface area contributed by atoms with Crippen LogP contribution in [0.5, 0.6) is 0 Å². The molecule has 1 N–H and O–H groups in total. The van der Waals surface area contributed by atoms with Crippen molar-refractivity contribution < 1.29 is 31.1 Å². The molecule has 2 aliphatic heterocycles. The molecule has 178 valence electrons. The quantitative estimate of drug-likeness (QED) is 0.659. The fourth-order valence-electron chi connectivity index (χ4n) is 5.04. The molecule has 0 spiro atoms. The average Bonchev–Trinajstić information content (AvgIpc) is 2.67. The van der Waals surface area contributed by atoms with Crippen LogP contribution in [0.2, 0.25) is 0 Å². The third-order valence-electron chi connectivity index (χ3n) is 6.41. The number of carbonyl (C=O) groups is 1. The number of hydrogen-bond donors (Lipinski definition) is 1. The molecule has 2 aromatic rings. The number of carbonyl (C=O) groups excluding carboxylic acids is 1. The molecule has 0 radical (unpaired) electrons. The van der Waals surface area contributed by atoms with Gasteiger partial charge in [0.25, 0.3) is 0 Å². The van der Waals surface area contributed by atoms with Gasteiger partial charge in [0.15, 0.2) is 0 Å². The third kappa shape index (κ3) is 4.92. The summed E-state index contributed by atoms with van der Waals surface area (Å²) in [6, 6.07) is 6.04. The van der Waals surface area contributed by atoms with Crippen LogP contribution >= 0.6 is 0 Å². The lowest BCUT2D eigenvalue weighted by Gasteiger charge is -2.58. The Morgan fingerprint density at radius 3 is 2.42 bits per heavy atom. The normalized spacial score (nSPS) is 24.5. The van der Waals surface area contributed by atoms with Gasteiger partial charge in [-0.3, -0.25) is 4.79 Å². The number of fused-ring (bicyclic) bond motifs is 2. The molecule has 2 bridgehead atoms. The molecule has 0 unspecified atom stereocenters. The van der Waals surface area contributed by atoms with Crippen molar-refractivity contribution in [3.8, 4) is 11.1 Å². The van der Waals surface area contributed by atoms with E-state index in [1.807, 2.05) is 0 Å². The number of piperidine rings is 2. The Kier molecular flexibility index (Phi) is 6.52. The van der Waals surface area contributed by atoms with Crippen molar-refractivity contribution in [3.05, 3.63) is 59.4 Å². The molecule has 0 aromatic heterocycles. The summed E-state index contributed by atoms with van der Waals surface area (Å²) in [5.74, 6) is -2.58. The van der Waals surface area contributed by atoms with Crippen LogP contribution in [0.25, 0.3) is 11.1 Å². The summed E-state index contributed by atoms with van der Waals surface area (Å²) in [5, 5.41) is 0. The largest absolute Gasteiger partial charge is 0.375 e. The lowest BCUT2D eigenvalue weighted by molar-refractivity contribution is -0.153. The van der Waals surface area contributed by atoms with Gasteiger partial charge in [0, 0.05) is 30.8 Å². The fraction of sp³-hybridized carbons (Fsp3) is 0.435. The predicted molar refractivity (Wildman–Crippen MR) is 116 cm³/mol. The van der Waals surface area contributed by atoms with Gasteiger partial charge < -0.3 is 9.64 Å². The van der Waals surface area contributed by atoms with E-state index in [9.17, 15) is 22.0 Å². The molecule has 6 nitrogen and oxygen atoms in total. The number of methoxy groups -OCH3 is 1. The molecule has 5 rings (SSSR count). The zero-order valence-electron chi connectivity index (χ0n) is 18.2. The van der Waals surface area contributed by atoms with Crippen molar-refractivity contribution in [2.24, 2.45) is 5.92 Å². The first-order valence-corrected chi connectivity index (χ1v) is 12.5. The highest BCUT2D eigenvalue weighted by Crippen LogP contribution is 2.44. The van der Waals surface area contributed by atoms with E-state index in [1.54, 1.807) is 11.0 Å². The SMILES string of the molecule is COCC(=O)N1C2CC(C2)[C@H](NS(C)(=O)=O)[C@@H]1Cc1cccc(-c2cc(F)cc(F)c2)c1F. The fourth-order valence-corrected chi connectivity index (χ4v) is 5.88. The van der Waals surface area contributed by atoms with Crippen LogP contribution in [-0.4, -0.2) is 57.3 Å². The Hall–Kier alpha value is -2.43. The van der Waals surface area contributed by atoms with E-state index in [1.165, 1.54) is 19.2 Å². The first kappa shape index (κ1) is 23.7. The molecule has 2 aromatic carbocycles. The Morgan fingerprint density at radius 1 is 1.15 bits per heavy atom. The smallest absolute Gasteiger partial charge is 0.249 e. The summed E-state index contributed by atoms with van der Waals surface area (Å²) in [6.45, 7) is -0.172. The van der Waals surface area contributed by atoms with Gasteiger partial charge in [-0.2, -0.15) is 0 Å². The van der Waals surface area contributed by atoms with Gasteiger partial charge in [0.05, 0.1) is 12.3 Å². The van der Waals surface area contributed by atoms with Crippen LogP contribution in [0.3, 0.4) is 0 Å². The molecular formula is C23H25F3N2O4S. The van der Waals surface area contributed by atoms with Gasteiger partial charge >= 0.3 is 0 Å². The van der Waals surface area contributed by atoms with Gasteiger partial charge in [0.2, 0.25) is 15.9 Å². The van der Waals surface area contributed by atoms with Crippen molar-refractivity contribution in [2.75, 3.05) is 20.0 Å². The maximum absolute atomic E-state index is 15.5. The van der Waals surface area contributed by atoms with Crippen LogP contribution in [0, 0.1) is 23.4 Å². The zero-order valence-corrected chi connectivity index (χ0v) is 19.0. The minimum atomic E-state index is -3.59. The number of halogens is 3. The zero-order chi connectivity index (χ0) is 23.9. The van der Waals surface area contributed by atoms with E-state index < -0.39 is 39.6 Å². The third-order valence-corrected chi connectivity index (χ3v) is 7.11. The standard InChI is InChI=1S/C23H25F3N2O4S/c1-32-12-21(29)28-18-8-15(9-18)23(27-33(2,30)31)20(28)10-13-4-3-5-19(22(13)26)14-6-16(24)11-17(25)7-14/h3-7,11,15,18,20,23,27H,8-10,12H2,1-2H3/t15?,18?,20-,23-/m0/s1. The van der Waals surface area contributed by atoms with Crippen LogP contribution in [0.4, 0.5) is 13.2 Å². The second-order valence-electron chi connectivity index (χ2n) is 8.74. The van der Waals surface area contributed by atoms with Gasteiger partial charge in [-0.25, -0.2) is 26.3 Å². The highest BCUT2D eigenvalue weighted by atomic mass is 32.2. The summed E-state index contributed by atoms with van der Waals surface area (Å²) in [6.07, 6.45) is 2.40. The highest BCUT2D eigenvalue weighted by Gasteiger charge is 2.53. The molecule has 33 heavy (non-hydrogen) atoms. The molecule has 3 aliphatic rings. The van der Waals surface area contributed by atoms with Crippen molar-refractivity contribution in [3.63, 3.8) is 0 Å². The number of ether oxygens (including phenoxy) is 1. The van der Waals surface area contributed by atoms with Gasteiger partial charge in [-0.1, -0.05) is 18.2 Å². The lowest BCUT2D eigenvalue weighted by atomic mass is 9.66. The summed E-state index contributed by atoms with van der Waals surface area (Å²) in [5.41, 5.74) is 0.296. The van der Waals surface area contributed by atoms with E-state index in [-0.39, 0.29) is 47.6 Å². The van der Waals surface area contributed by atoms with E-state index in [0.29, 0.717) is 18.9 Å². The first-order chi connectivity index (χ1) is 15.6. The molecule has 1 amide bonds. The average molecular weight is 483 g/mol. The summed E-state index contributed by atoms with van der Waals surface area (Å²) < 4.78 is 74.7. The molecule has 2 heterocycles. The van der Waals surface area contributed by atoms with Gasteiger partial charge in [0.1, 0.15) is 24.1 Å². The Bertz CT molecular complexity index is 1150. The van der Waals surface area contributed by atoms with E-state index in [0.717, 1.165) is 18.4 Å². The van der Waals surface area contributed by atoms with E-state index in [4.69, 9.17) is 4.74 Å². The van der Waals surface area contributed by atoms with Crippen molar-refractivity contribution in [1.82, 2.24) is 9.62 Å². The second kappa shape index (κ2) is 9.08. The Morgan fingerprint density at radius 2 is 1.82 bits per heavy atom. The first-order valence-electron chi connectivity index (χ1n) is 10.6. The number of nitrogens with one attached hydrogen (secondary N) is 1. The predicted octanol–water partition coefficient (Wildman–Crippen LogP) is 2.87. The number of rotatable bonds is 7. The Labute approximate surface area is 190 Å². The topological polar surface area (TPSA) is 75.7 Å². The van der Waals surface area contributed by atoms with Gasteiger partial charge in [-0.05, 0) is 48.4 Å². The van der Waals surface area contributed by atoms with E-state index >= 15 is 4.39 Å². The Balaban J connectivity index is 1.72. The number of hydrogen-bond acceptors (Lipinski definition) is 4. The summed E-state index contributed by atoms with van der Waals surface area (Å²) in [7, 11) is -2.19. The molecule has 1 saturated carbocycles. The maximum atomic E-state index is 15.5. The number of sulfonamides is 1. The molecule has 2 atom stereocenters. The van der Waals surface area contributed by atoms with E-state index in [2.05, 4.69) is 4.72 Å². The van der Waals surface area contributed by atoms with Crippen molar-refractivity contribution in [1.29, 1.82) is 0 Å². The number of benzene rings is 2. The second-order valence-corrected chi connectivity index (χ2v) is 10.5. The molecule has 10 heteroatoms. The monoisotopic (exact) mass is 482 g/mol. The van der Waals surface area contributed by atoms with Crippen LogP contribution < -0.4 is 4.72 Å². The highest BCUT2D eigenvalue weighted by molar-refractivity contribution is 7.88. The lowest BCUT2D eigenvalue weighted by Crippen LogP contribution is -2.70. The maximum Gasteiger partial charge on any atom is 0.249 e. The summed E-state index contributed by atoms with van der Waals surface area (Å²) >= 11 is 0.